The van der Waals surface area contributed by atoms with E-state index in [0.717, 1.165) is 0 Å². The van der Waals surface area contributed by atoms with Crippen molar-refractivity contribution in [3.05, 3.63) is 75.9 Å². The summed E-state index contributed by atoms with van der Waals surface area (Å²) < 4.78 is 6.07. The van der Waals surface area contributed by atoms with Crippen LogP contribution in [0.5, 0.6) is 5.75 Å². The van der Waals surface area contributed by atoms with Gasteiger partial charge in [0.1, 0.15) is 23.3 Å². The molecule has 2 aromatic carbocycles. The van der Waals surface area contributed by atoms with Crippen LogP contribution in [0.1, 0.15) is 28.8 Å². The van der Waals surface area contributed by atoms with Crippen molar-refractivity contribution in [3.8, 4) is 28.2 Å². The smallest absolute Gasteiger partial charge is 0.336 e. The van der Waals surface area contributed by atoms with E-state index in [4.69, 9.17) is 15.9 Å². The third kappa shape index (κ3) is 5.73. The minimum absolute atomic E-state index is 0.0315. The van der Waals surface area contributed by atoms with Gasteiger partial charge < -0.3 is 41.8 Å². The largest absolute Gasteiger partial charge is 0.507 e. The fourth-order valence-electron chi connectivity index (χ4n) is 4.57. The average molecular weight is 572 g/mol. The number of aliphatic hydroxyl groups excluding tert-OH is 1. The number of carboxylic acids is 1. The molecule has 1 amide bonds. The van der Waals surface area contributed by atoms with Crippen LogP contribution in [0.4, 0.5) is 17.8 Å². The molecular formula is C28H25N7O7. The van der Waals surface area contributed by atoms with Gasteiger partial charge in [0, 0.05) is 35.4 Å². The first kappa shape index (κ1) is 27.8. The number of phenols is 1. The topological polar surface area (TPSA) is 240 Å². The lowest BCUT2D eigenvalue weighted by molar-refractivity contribution is -0.121. The number of nitrogen functional groups attached to an aromatic ring is 2. The number of aromatic carboxylic acids is 1. The van der Waals surface area contributed by atoms with E-state index in [-0.39, 0.29) is 70.9 Å². The maximum Gasteiger partial charge on any atom is 0.336 e. The normalized spacial score (nSPS) is 11.8. The second-order valence-corrected chi connectivity index (χ2v) is 9.28. The summed E-state index contributed by atoms with van der Waals surface area (Å²) in [5.74, 6) is -1.93. The minimum atomic E-state index is -1.21. The molecule has 0 saturated carbocycles. The fraction of sp³-hybridized carbons (Fsp3) is 0.143. The predicted molar refractivity (Wildman–Crippen MR) is 153 cm³/mol. The van der Waals surface area contributed by atoms with Crippen molar-refractivity contribution in [2.75, 3.05) is 16.8 Å². The first-order chi connectivity index (χ1) is 20.1. The molecule has 1 aliphatic heterocycles. The Morgan fingerprint density at radius 3 is 2.45 bits per heavy atom. The van der Waals surface area contributed by atoms with Crippen molar-refractivity contribution in [3.63, 3.8) is 0 Å². The van der Waals surface area contributed by atoms with Crippen LogP contribution >= 0.6 is 0 Å². The number of anilines is 3. The molecule has 9 N–H and O–H groups in total. The quantitative estimate of drug-likeness (QED) is 0.0992. The van der Waals surface area contributed by atoms with Gasteiger partial charge in [-0.05, 0) is 35.9 Å². The Hall–Kier alpha value is -5.76. The zero-order chi connectivity index (χ0) is 30.0. The van der Waals surface area contributed by atoms with Gasteiger partial charge in [-0.25, -0.2) is 4.79 Å². The number of carboxylic acid groups (broad SMARTS) is 1. The van der Waals surface area contributed by atoms with Crippen LogP contribution in [0.15, 0.2) is 63.8 Å². The van der Waals surface area contributed by atoms with Crippen molar-refractivity contribution in [1.29, 1.82) is 0 Å². The molecule has 0 bridgehead atoms. The van der Waals surface area contributed by atoms with Gasteiger partial charge in [0.15, 0.2) is 5.43 Å². The highest BCUT2D eigenvalue weighted by molar-refractivity contribution is 6.08. The Labute approximate surface area is 237 Å². The molecule has 0 spiro atoms. The van der Waals surface area contributed by atoms with Crippen molar-refractivity contribution in [2.24, 2.45) is 0 Å². The second-order valence-electron chi connectivity index (χ2n) is 9.28. The van der Waals surface area contributed by atoms with Crippen molar-refractivity contribution in [1.82, 2.24) is 20.3 Å². The number of carbonyl (C=O) groups excluding carboxylic acids is 1. The zero-order valence-corrected chi connectivity index (χ0v) is 21.9. The SMILES string of the molecule is Nc1nc(N)nc(NC(O)CCC(=O)NCc2c(O)ccc3c(-c4ccccc4C(=O)O)c4ccc(=O)cc-4oc23)n1. The van der Waals surface area contributed by atoms with E-state index in [1.807, 2.05) is 0 Å². The van der Waals surface area contributed by atoms with Crippen LogP contribution in [0.2, 0.25) is 0 Å². The highest BCUT2D eigenvalue weighted by atomic mass is 16.4. The number of hydrogen-bond acceptors (Lipinski definition) is 12. The number of hydrogen-bond donors (Lipinski definition) is 7. The first-order valence-corrected chi connectivity index (χ1v) is 12.6. The summed E-state index contributed by atoms with van der Waals surface area (Å²) in [7, 11) is 0. The monoisotopic (exact) mass is 571 g/mol. The maximum absolute atomic E-state index is 12.6. The van der Waals surface area contributed by atoms with Gasteiger partial charge in [-0.2, -0.15) is 15.0 Å². The molecule has 0 fully saturated rings. The van der Waals surface area contributed by atoms with E-state index in [9.17, 15) is 29.7 Å². The Morgan fingerprint density at radius 1 is 0.976 bits per heavy atom. The Bertz CT molecular complexity index is 1840. The number of phenolic OH excluding ortho intramolecular Hbond substituents is 1. The molecule has 1 atom stereocenters. The predicted octanol–water partition coefficient (Wildman–Crippen LogP) is 2.14. The lowest BCUT2D eigenvalue weighted by atomic mass is 9.90. The third-order valence-corrected chi connectivity index (χ3v) is 6.44. The molecule has 42 heavy (non-hydrogen) atoms. The number of nitrogens with two attached hydrogens (primary N) is 2. The maximum atomic E-state index is 12.6. The van der Waals surface area contributed by atoms with Gasteiger partial charge in [0.05, 0.1) is 17.7 Å². The summed E-state index contributed by atoms with van der Waals surface area (Å²) in [6.45, 7) is -0.168. The van der Waals surface area contributed by atoms with Crippen LogP contribution < -0.4 is 27.5 Å². The molecule has 14 heteroatoms. The summed E-state index contributed by atoms with van der Waals surface area (Å²) in [6, 6.07) is 13.6. The highest BCUT2D eigenvalue weighted by Crippen LogP contribution is 2.43. The van der Waals surface area contributed by atoms with E-state index in [1.165, 1.54) is 24.3 Å². The van der Waals surface area contributed by atoms with E-state index < -0.39 is 18.1 Å². The first-order valence-electron chi connectivity index (χ1n) is 12.6. The molecule has 2 aliphatic rings. The number of aliphatic hydroxyl groups is 1. The van der Waals surface area contributed by atoms with E-state index in [2.05, 4.69) is 25.6 Å². The molecule has 0 radical (unpaired) electrons. The molecule has 1 aromatic heterocycles. The van der Waals surface area contributed by atoms with Crippen molar-refractivity contribution < 1.29 is 29.3 Å². The Kier molecular flexibility index (Phi) is 7.53. The number of nitrogens with one attached hydrogen (secondary N) is 2. The number of benzene rings is 3. The molecule has 214 valence electrons. The lowest BCUT2D eigenvalue weighted by Crippen LogP contribution is -2.27. The van der Waals surface area contributed by atoms with Crippen LogP contribution in [-0.4, -0.2) is 48.4 Å². The van der Waals surface area contributed by atoms with Crippen LogP contribution in [0, 0.1) is 0 Å². The fourth-order valence-corrected chi connectivity index (χ4v) is 4.57. The summed E-state index contributed by atoms with van der Waals surface area (Å²) in [4.78, 5) is 48.1. The molecule has 1 aliphatic carbocycles. The highest BCUT2D eigenvalue weighted by Gasteiger charge is 2.24. The Balaban J connectivity index is 1.44. The number of aromatic hydroxyl groups is 1. The van der Waals surface area contributed by atoms with Gasteiger partial charge in [0.25, 0.3) is 0 Å². The van der Waals surface area contributed by atoms with E-state index in [1.54, 1.807) is 30.3 Å². The molecular weight excluding hydrogens is 546 g/mol. The zero-order valence-electron chi connectivity index (χ0n) is 21.9. The van der Waals surface area contributed by atoms with Gasteiger partial charge in [-0.15, -0.1) is 0 Å². The molecule has 3 aromatic rings. The molecule has 2 heterocycles. The van der Waals surface area contributed by atoms with Gasteiger partial charge in [0.2, 0.25) is 23.8 Å². The number of rotatable bonds is 9. The van der Waals surface area contributed by atoms with E-state index >= 15 is 0 Å². The Morgan fingerprint density at radius 2 is 1.71 bits per heavy atom. The summed E-state index contributed by atoms with van der Waals surface area (Å²) in [6.07, 6.45) is -1.36. The van der Waals surface area contributed by atoms with Crippen LogP contribution in [-0.2, 0) is 11.3 Å². The molecule has 0 saturated heterocycles. The van der Waals surface area contributed by atoms with Gasteiger partial charge in [-0.1, -0.05) is 18.2 Å². The summed E-state index contributed by atoms with van der Waals surface area (Å²) in [5.41, 5.74) is 12.5. The second kappa shape index (κ2) is 11.4. The van der Waals surface area contributed by atoms with Crippen LogP contribution in [0.3, 0.4) is 0 Å². The number of fused-ring (bicyclic) bond motifs is 2. The van der Waals surface area contributed by atoms with Crippen molar-refractivity contribution >= 4 is 40.7 Å². The number of carbonyl (C=O) groups is 2. The number of nitrogens with zero attached hydrogens (tertiary/aromatic N) is 3. The van der Waals surface area contributed by atoms with Gasteiger partial charge in [-0.3, -0.25) is 9.59 Å². The number of aromatic nitrogens is 3. The summed E-state index contributed by atoms with van der Waals surface area (Å²) in [5, 5.41) is 36.5. The number of amides is 1. The average Bonchev–Trinajstić information content (AvgIpc) is 2.93. The van der Waals surface area contributed by atoms with E-state index in [0.29, 0.717) is 22.1 Å². The third-order valence-electron chi connectivity index (χ3n) is 6.44. The molecule has 1 unspecified atom stereocenters. The van der Waals surface area contributed by atoms with Gasteiger partial charge >= 0.3 is 5.97 Å². The van der Waals surface area contributed by atoms with Crippen LogP contribution in [0.25, 0.3) is 33.4 Å². The van der Waals surface area contributed by atoms with Crippen molar-refractivity contribution in [2.45, 2.75) is 25.6 Å². The molecule has 14 nitrogen and oxygen atoms in total. The molecule has 5 rings (SSSR count). The minimum Gasteiger partial charge on any atom is -0.507 e. The summed E-state index contributed by atoms with van der Waals surface area (Å²) >= 11 is 0. The standard InChI is InChI=1S/C28H25N7O7/c29-26-33-27(30)35-28(34-26)32-22(39)10-9-21(38)31-12-18-19(37)8-7-17-23(14-3-1-2-4-15(14)25(40)41)16-6-5-13(36)11-20(16)42-24(17)18/h1-8,11,22,37,39H,9-10,12H2,(H,31,38)(H,40,41)(H5,29,30,32,33,34,35). The lowest BCUT2D eigenvalue weighted by Gasteiger charge is -2.19.